The molecule has 1 heterocycles. The van der Waals surface area contributed by atoms with Crippen molar-refractivity contribution >= 4 is 18.2 Å². The molecule has 2 bridgehead atoms. The molecule has 0 amide bonds. The van der Waals surface area contributed by atoms with Crippen molar-refractivity contribution in [1.82, 2.24) is 4.90 Å². The first kappa shape index (κ1) is 16.7. The van der Waals surface area contributed by atoms with Crippen molar-refractivity contribution in [3.8, 4) is 0 Å². The fourth-order valence-corrected chi connectivity index (χ4v) is 4.67. The Bertz CT molecular complexity index is 580. The minimum absolute atomic E-state index is 0. The molecule has 23 heavy (non-hydrogen) atoms. The lowest BCUT2D eigenvalue weighted by molar-refractivity contribution is 0.0975. The van der Waals surface area contributed by atoms with Crippen molar-refractivity contribution < 1.29 is 9.18 Å². The van der Waals surface area contributed by atoms with Crippen LogP contribution in [0.3, 0.4) is 0 Å². The van der Waals surface area contributed by atoms with Crippen LogP contribution in [0.15, 0.2) is 36.4 Å². The van der Waals surface area contributed by atoms with Crippen LogP contribution in [0.2, 0.25) is 0 Å². The van der Waals surface area contributed by atoms with Crippen molar-refractivity contribution in [3.05, 3.63) is 47.8 Å². The minimum atomic E-state index is -0.289. The fourth-order valence-electron chi connectivity index (χ4n) is 4.67. The van der Waals surface area contributed by atoms with Crippen LogP contribution in [0.1, 0.15) is 29.6 Å². The molecule has 1 saturated heterocycles. The van der Waals surface area contributed by atoms with Crippen LogP contribution in [0.5, 0.6) is 0 Å². The third-order valence-electron chi connectivity index (χ3n) is 5.78. The lowest BCUT2D eigenvalue weighted by Crippen LogP contribution is -2.24. The molecule has 4 atom stereocenters. The quantitative estimate of drug-likeness (QED) is 0.599. The number of allylic oxidation sites excluding steroid dienone is 2. The SMILES string of the molecule is Cl.O=C(CCCN1CC2C3C=CC(C3)C2C1)c1ccc(F)cc1. The summed E-state index contributed by atoms with van der Waals surface area (Å²) in [5.41, 5.74) is 0.627. The number of halogens is 2. The van der Waals surface area contributed by atoms with Crippen molar-refractivity contribution in [1.29, 1.82) is 0 Å². The molecule has 1 aromatic rings. The molecule has 124 valence electrons. The van der Waals surface area contributed by atoms with Crippen molar-refractivity contribution in [2.45, 2.75) is 19.3 Å². The Balaban J connectivity index is 0.00000156. The summed E-state index contributed by atoms with van der Waals surface area (Å²) in [7, 11) is 0. The number of carbonyl (C=O) groups is 1. The molecule has 1 saturated carbocycles. The van der Waals surface area contributed by atoms with Gasteiger partial charge in [-0.05, 0) is 67.3 Å². The van der Waals surface area contributed by atoms with Gasteiger partial charge >= 0.3 is 0 Å². The molecule has 0 aromatic heterocycles. The summed E-state index contributed by atoms with van der Waals surface area (Å²) >= 11 is 0. The zero-order valence-corrected chi connectivity index (χ0v) is 14.0. The van der Waals surface area contributed by atoms with Crippen LogP contribution in [-0.4, -0.2) is 30.3 Å². The summed E-state index contributed by atoms with van der Waals surface area (Å²) in [6.45, 7) is 3.43. The molecule has 2 nitrogen and oxygen atoms in total. The highest BCUT2D eigenvalue weighted by atomic mass is 35.5. The van der Waals surface area contributed by atoms with Crippen LogP contribution >= 0.6 is 12.4 Å². The Morgan fingerprint density at radius 3 is 2.30 bits per heavy atom. The maximum absolute atomic E-state index is 12.9. The highest BCUT2D eigenvalue weighted by Crippen LogP contribution is 2.51. The number of benzene rings is 1. The molecule has 3 aliphatic rings. The Kier molecular flexibility index (Phi) is 4.88. The van der Waals surface area contributed by atoms with Gasteiger partial charge in [-0.25, -0.2) is 4.39 Å². The second-order valence-electron chi connectivity index (χ2n) is 7.07. The second-order valence-corrected chi connectivity index (χ2v) is 7.07. The van der Waals surface area contributed by atoms with Gasteiger partial charge in [-0.15, -0.1) is 12.4 Å². The van der Waals surface area contributed by atoms with Gasteiger partial charge in [0.05, 0.1) is 0 Å². The average molecular weight is 336 g/mol. The lowest BCUT2D eigenvalue weighted by atomic mass is 9.86. The Morgan fingerprint density at radius 2 is 1.70 bits per heavy atom. The second kappa shape index (κ2) is 6.74. The molecule has 0 N–H and O–H groups in total. The minimum Gasteiger partial charge on any atom is -0.303 e. The maximum atomic E-state index is 12.9. The maximum Gasteiger partial charge on any atom is 0.162 e. The number of fused-ring (bicyclic) bond motifs is 5. The van der Waals surface area contributed by atoms with Gasteiger partial charge in [0.1, 0.15) is 5.82 Å². The smallest absolute Gasteiger partial charge is 0.162 e. The van der Waals surface area contributed by atoms with E-state index in [9.17, 15) is 9.18 Å². The van der Waals surface area contributed by atoms with Crippen molar-refractivity contribution in [2.75, 3.05) is 19.6 Å². The van der Waals surface area contributed by atoms with E-state index in [2.05, 4.69) is 17.1 Å². The molecule has 4 rings (SSSR count). The third-order valence-corrected chi connectivity index (χ3v) is 5.78. The number of hydrogen-bond acceptors (Lipinski definition) is 2. The predicted molar refractivity (Wildman–Crippen MR) is 91.4 cm³/mol. The summed E-state index contributed by atoms with van der Waals surface area (Å²) in [6, 6.07) is 5.89. The first-order chi connectivity index (χ1) is 10.7. The van der Waals surface area contributed by atoms with Gasteiger partial charge < -0.3 is 4.90 Å². The van der Waals surface area contributed by atoms with Gasteiger partial charge in [-0.2, -0.15) is 0 Å². The fraction of sp³-hybridized carbons (Fsp3) is 0.526. The molecule has 0 radical (unpaired) electrons. The van der Waals surface area contributed by atoms with E-state index in [-0.39, 0.29) is 24.0 Å². The predicted octanol–water partition coefficient (Wildman–Crippen LogP) is 3.96. The summed E-state index contributed by atoms with van der Waals surface area (Å²) in [6.07, 6.45) is 7.69. The topological polar surface area (TPSA) is 20.3 Å². The first-order valence-electron chi connectivity index (χ1n) is 8.40. The number of rotatable bonds is 5. The average Bonchev–Trinajstić information content (AvgIpc) is 3.20. The Morgan fingerprint density at radius 1 is 1.09 bits per heavy atom. The summed E-state index contributed by atoms with van der Waals surface area (Å²) < 4.78 is 12.9. The summed E-state index contributed by atoms with van der Waals surface area (Å²) in [5.74, 6) is 3.21. The molecule has 2 fully saturated rings. The molecule has 1 aromatic carbocycles. The highest BCUT2D eigenvalue weighted by molar-refractivity contribution is 5.95. The van der Waals surface area contributed by atoms with Crippen LogP contribution in [0.4, 0.5) is 4.39 Å². The molecular formula is C19H23ClFNO. The summed E-state index contributed by atoms with van der Waals surface area (Å²) in [4.78, 5) is 14.6. The van der Waals surface area contributed by atoms with E-state index in [1.165, 1.54) is 31.6 Å². The number of carbonyl (C=O) groups excluding carboxylic acids is 1. The van der Waals surface area contributed by atoms with E-state index in [0.29, 0.717) is 12.0 Å². The van der Waals surface area contributed by atoms with Crippen LogP contribution in [0, 0.1) is 29.5 Å². The number of Topliss-reactive ketones (excluding diaryl/α,β-unsaturated/α-hetero) is 1. The first-order valence-corrected chi connectivity index (χ1v) is 8.40. The van der Waals surface area contributed by atoms with Crippen LogP contribution < -0.4 is 0 Å². The van der Waals surface area contributed by atoms with Crippen molar-refractivity contribution in [3.63, 3.8) is 0 Å². The molecule has 2 aliphatic carbocycles. The zero-order chi connectivity index (χ0) is 15.1. The van der Waals surface area contributed by atoms with Crippen LogP contribution in [-0.2, 0) is 0 Å². The van der Waals surface area contributed by atoms with E-state index in [4.69, 9.17) is 0 Å². The molecule has 4 unspecified atom stereocenters. The van der Waals surface area contributed by atoms with Gasteiger partial charge in [0.25, 0.3) is 0 Å². The Hall–Kier alpha value is -1.19. The third kappa shape index (κ3) is 3.22. The monoisotopic (exact) mass is 335 g/mol. The van der Waals surface area contributed by atoms with E-state index in [0.717, 1.165) is 36.6 Å². The van der Waals surface area contributed by atoms with Gasteiger partial charge in [-0.1, -0.05) is 12.2 Å². The summed E-state index contributed by atoms with van der Waals surface area (Å²) in [5, 5.41) is 0. The number of ketones is 1. The van der Waals surface area contributed by atoms with Gasteiger partial charge in [0, 0.05) is 25.1 Å². The largest absolute Gasteiger partial charge is 0.303 e. The number of hydrogen-bond donors (Lipinski definition) is 0. The van der Waals surface area contributed by atoms with Crippen LogP contribution in [0.25, 0.3) is 0 Å². The highest BCUT2D eigenvalue weighted by Gasteiger charge is 2.48. The lowest BCUT2D eigenvalue weighted by Gasteiger charge is -2.17. The normalized spacial score (nSPS) is 31.2. The van der Waals surface area contributed by atoms with Gasteiger partial charge in [0.2, 0.25) is 0 Å². The van der Waals surface area contributed by atoms with E-state index in [1.54, 1.807) is 12.1 Å². The molecule has 4 heteroatoms. The number of likely N-dealkylation sites (tertiary alicyclic amines) is 1. The molecule has 1 aliphatic heterocycles. The molecular weight excluding hydrogens is 313 g/mol. The Labute approximate surface area is 143 Å². The standard InChI is InChI=1S/C19H22FNO.ClH/c20-16-7-5-13(6-8-16)19(22)2-1-9-21-11-17-14-3-4-15(10-14)18(17)12-21;/h3-8,14-15,17-18H,1-2,9-12H2;1H. The molecule has 0 spiro atoms. The van der Waals surface area contributed by atoms with Gasteiger partial charge in [0.15, 0.2) is 5.78 Å². The van der Waals surface area contributed by atoms with Gasteiger partial charge in [-0.3, -0.25) is 4.79 Å². The van der Waals surface area contributed by atoms with E-state index in [1.807, 2.05) is 0 Å². The zero-order valence-electron chi connectivity index (χ0n) is 13.2. The van der Waals surface area contributed by atoms with E-state index >= 15 is 0 Å². The van der Waals surface area contributed by atoms with E-state index < -0.39 is 0 Å². The van der Waals surface area contributed by atoms with Crippen molar-refractivity contribution in [2.24, 2.45) is 23.7 Å². The number of nitrogens with zero attached hydrogens (tertiary/aromatic N) is 1.